The first-order valence-electron chi connectivity index (χ1n) is 6.18. The number of rotatable bonds is 5. The maximum Gasteiger partial charge on any atom is 0.234 e. The van der Waals surface area contributed by atoms with Crippen LogP contribution < -0.4 is 5.73 Å². The Hall–Kier alpha value is -1.69. The van der Waals surface area contributed by atoms with Gasteiger partial charge in [-0.2, -0.15) is 10.1 Å². The lowest BCUT2D eigenvalue weighted by atomic mass is 9.82. The van der Waals surface area contributed by atoms with Crippen molar-refractivity contribution in [1.29, 1.82) is 0 Å². The molecular weight excluding hydrogens is 230 g/mol. The van der Waals surface area contributed by atoms with Crippen LogP contribution in [0.1, 0.15) is 32.6 Å². The normalized spacial score (nSPS) is 12.0. The lowest BCUT2D eigenvalue weighted by Crippen LogP contribution is -2.34. The van der Waals surface area contributed by atoms with E-state index in [4.69, 9.17) is 10.3 Å². The molecule has 0 bridgehead atoms. The standard InChI is InChI=1S/C12H19N5O/c1-4-12(5-2,8-13)11-15-10(16-18-11)9-6-14-17(3)7-9/h6-7H,4-5,8,13H2,1-3H3. The molecule has 6 nitrogen and oxygen atoms in total. The lowest BCUT2D eigenvalue weighted by Gasteiger charge is -2.24. The number of hydrogen-bond donors (Lipinski definition) is 1. The van der Waals surface area contributed by atoms with E-state index in [2.05, 4.69) is 29.1 Å². The fourth-order valence-corrected chi connectivity index (χ4v) is 2.02. The molecule has 0 aromatic carbocycles. The van der Waals surface area contributed by atoms with Gasteiger partial charge in [-0.3, -0.25) is 4.68 Å². The molecule has 2 aromatic rings. The second-order valence-corrected chi connectivity index (χ2v) is 4.52. The van der Waals surface area contributed by atoms with Crippen LogP contribution in [-0.2, 0) is 12.5 Å². The zero-order chi connectivity index (χ0) is 13.2. The minimum atomic E-state index is -0.215. The van der Waals surface area contributed by atoms with Crippen LogP contribution in [0.3, 0.4) is 0 Å². The molecule has 0 aliphatic heterocycles. The van der Waals surface area contributed by atoms with E-state index in [1.807, 2.05) is 13.2 Å². The maximum atomic E-state index is 5.87. The molecule has 0 amide bonds. The first kappa shape index (κ1) is 12.8. The summed E-state index contributed by atoms with van der Waals surface area (Å²) >= 11 is 0. The molecule has 2 aromatic heterocycles. The summed E-state index contributed by atoms with van der Waals surface area (Å²) in [6.45, 7) is 4.68. The third-order valence-electron chi connectivity index (χ3n) is 3.59. The highest BCUT2D eigenvalue weighted by Gasteiger charge is 2.33. The van der Waals surface area contributed by atoms with Gasteiger partial charge in [-0.25, -0.2) is 0 Å². The Morgan fingerprint density at radius 1 is 1.39 bits per heavy atom. The average molecular weight is 249 g/mol. The predicted octanol–water partition coefficient (Wildman–Crippen LogP) is 1.49. The zero-order valence-electron chi connectivity index (χ0n) is 11.1. The molecule has 6 heteroatoms. The molecule has 0 atom stereocenters. The van der Waals surface area contributed by atoms with Crippen LogP contribution in [0, 0.1) is 0 Å². The van der Waals surface area contributed by atoms with Crippen LogP contribution in [0.2, 0.25) is 0 Å². The first-order chi connectivity index (χ1) is 8.65. The van der Waals surface area contributed by atoms with Gasteiger partial charge >= 0.3 is 0 Å². The molecular formula is C12H19N5O. The third kappa shape index (κ3) is 2.03. The van der Waals surface area contributed by atoms with Crippen molar-refractivity contribution < 1.29 is 4.52 Å². The van der Waals surface area contributed by atoms with Crippen LogP contribution >= 0.6 is 0 Å². The largest absolute Gasteiger partial charge is 0.338 e. The van der Waals surface area contributed by atoms with Gasteiger partial charge in [-0.15, -0.1) is 0 Å². The molecule has 0 saturated carbocycles. The molecule has 2 rings (SSSR count). The van der Waals surface area contributed by atoms with Crippen LogP contribution in [0.25, 0.3) is 11.4 Å². The molecule has 0 fully saturated rings. The summed E-state index contributed by atoms with van der Waals surface area (Å²) in [5, 5.41) is 8.11. The Labute approximate surface area is 106 Å². The average Bonchev–Trinajstić information content (AvgIpc) is 3.01. The molecule has 0 aliphatic rings. The van der Waals surface area contributed by atoms with E-state index < -0.39 is 0 Å². The summed E-state index contributed by atoms with van der Waals surface area (Å²) in [6, 6.07) is 0. The topological polar surface area (TPSA) is 82.8 Å². The summed E-state index contributed by atoms with van der Waals surface area (Å²) in [5.41, 5.74) is 6.51. The smallest absolute Gasteiger partial charge is 0.234 e. The molecule has 0 spiro atoms. The van der Waals surface area contributed by atoms with Crippen LogP contribution in [0.15, 0.2) is 16.9 Å². The van der Waals surface area contributed by atoms with Gasteiger partial charge in [0, 0.05) is 19.8 Å². The van der Waals surface area contributed by atoms with Crippen LogP contribution in [0.5, 0.6) is 0 Å². The number of hydrogen-bond acceptors (Lipinski definition) is 5. The Kier molecular flexibility index (Phi) is 3.47. The predicted molar refractivity (Wildman–Crippen MR) is 67.8 cm³/mol. The van der Waals surface area contributed by atoms with Gasteiger partial charge in [-0.1, -0.05) is 19.0 Å². The summed E-state index contributed by atoms with van der Waals surface area (Å²) in [6.07, 6.45) is 5.34. The molecule has 2 heterocycles. The lowest BCUT2D eigenvalue weighted by molar-refractivity contribution is 0.267. The molecule has 98 valence electrons. The fourth-order valence-electron chi connectivity index (χ4n) is 2.02. The number of nitrogens with two attached hydrogens (primary N) is 1. The van der Waals surface area contributed by atoms with E-state index in [1.165, 1.54) is 0 Å². The molecule has 0 unspecified atom stereocenters. The van der Waals surface area contributed by atoms with Gasteiger partial charge in [0.25, 0.3) is 0 Å². The van der Waals surface area contributed by atoms with Gasteiger partial charge in [0.15, 0.2) is 0 Å². The SMILES string of the molecule is CCC(CC)(CN)c1nc(-c2cnn(C)c2)no1. The highest BCUT2D eigenvalue weighted by Crippen LogP contribution is 2.30. The molecule has 0 saturated heterocycles. The zero-order valence-corrected chi connectivity index (χ0v) is 11.1. The second kappa shape index (κ2) is 4.89. The number of aryl methyl sites for hydroxylation is 1. The fraction of sp³-hybridized carbons (Fsp3) is 0.583. The van der Waals surface area contributed by atoms with Crippen molar-refractivity contribution in [1.82, 2.24) is 19.9 Å². The van der Waals surface area contributed by atoms with Gasteiger partial charge in [0.1, 0.15) is 0 Å². The van der Waals surface area contributed by atoms with Crippen molar-refractivity contribution in [2.75, 3.05) is 6.54 Å². The van der Waals surface area contributed by atoms with Crippen molar-refractivity contribution in [3.05, 3.63) is 18.3 Å². The molecule has 0 aliphatic carbocycles. The minimum absolute atomic E-state index is 0.215. The Morgan fingerprint density at radius 2 is 2.11 bits per heavy atom. The highest BCUT2D eigenvalue weighted by atomic mass is 16.5. The van der Waals surface area contributed by atoms with Crippen molar-refractivity contribution in [3.63, 3.8) is 0 Å². The van der Waals surface area contributed by atoms with E-state index in [0.717, 1.165) is 18.4 Å². The third-order valence-corrected chi connectivity index (χ3v) is 3.59. The minimum Gasteiger partial charge on any atom is -0.338 e. The van der Waals surface area contributed by atoms with Gasteiger partial charge < -0.3 is 10.3 Å². The van der Waals surface area contributed by atoms with Gasteiger partial charge in [0.05, 0.1) is 17.2 Å². The van der Waals surface area contributed by atoms with Gasteiger partial charge in [-0.05, 0) is 12.8 Å². The van der Waals surface area contributed by atoms with Crippen LogP contribution in [0.4, 0.5) is 0 Å². The Morgan fingerprint density at radius 3 is 2.61 bits per heavy atom. The van der Waals surface area contributed by atoms with E-state index in [0.29, 0.717) is 18.3 Å². The van der Waals surface area contributed by atoms with E-state index in [-0.39, 0.29) is 5.41 Å². The van der Waals surface area contributed by atoms with E-state index in [1.54, 1.807) is 10.9 Å². The molecule has 0 radical (unpaired) electrons. The summed E-state index contributed by atoms with van der Waals surface area (Å²) in [4.78, 5) is 4.47. The number of aromatic nitrogens is 4. The van der Waals surface area contributed by atoms with Crippen molar-refractivity contribution in [3.8, 4) is 11.4 Å². The monoisotopic (exact) mass is 249 g/mol. The quantitative estimate of drug-likeness (QED) is 0.868. The van der Waals surface area contributed by atoms with E-state index in [9.17, 15) is 0 Å². The highest BCUT2D eigenvalue weighted by molar-refractivity contribution is 5.51. The summed E-state index contributed by atoms with van der Waals surface area (Å²) in [5.74, 6) is 1.19. The van der Waals surface area contributed by atoms with Crippen molar-refractivity contribution in [2.24, 2.45) is 12.8 Å². The maximum absolute atomic E-state index is 5.87. The van der Waals surface area contributed by atoms with Gasteiger partial charge in [0.2, 0.25) is 11.7 Å². The second-order valence-electron chi connectivity index (χ2n) is 4.52. The molecule has 18 heavy (non-hydrogen) atoms. The summed E-state index contributed by atoms with van der Waals surface area (Å²) in [7, 11) is 1.85. The molecule has 2 N–H and O–H groups in total. The van der Waals surface area contributed by atoms with Crippen molar-refractivity contribution >= 4 is 0 Å². The Bertz CT molecular complexity index is 504. The first-order valence-corrected chi connectivity index (χ1v) is 6.18. The summed E-state index contributed by atoms with van der Waals surface area (Å²) < 4.78 is 7.10. The Balaban J connectivity index is 2.35. The van der Waals surface area contributed by atoms with Crippen LogP contribution in [-0.4, -0.2) is 26.5 Å². The van der Waals surface area contributed by atoms with E-state index >= 15 is 0 Å². The number of nitrogens with zero attached hydrogens (tertiary/aromatic N) is 4. The van der Waals surface area contributed by atoms with Crippen molar-refractivity contribution in [2.45, 2.75) is 32.1 Å².